The molecule has 0 bridgehead atoms. The highest BCUT2D eigenvalue weighted by atomic mass is 35.5. The molecule has 3 aromatic rings. The molecule has 0 aliphatic heterocycles. The first-order valence-electron chi connectivity index (χ1n) is 10.6. The van der Waals surface area contributed by atoms with E-state index in [1.54, 1.807) is 47.0 Å². The molecular weight excluding hydrogens is 477 g/mol. The Bertz CT molecular complexity index is 1180. The quantitative estimate of drug-likeness (QED) is 0.297. The Balaban J connectivity index is 1.77. The molecule has 0 spiro atoms. The number of hydrogen-bond donors (Lipinski definition) is 2. The number of rotatable bonds is 10. The van der Waals surface area contributed by atoms with Crippen LogP contribution in [0.4, 0.5) is 10.1 Å². The van der Waals surface area contributed by atoms with Crippen molar-refractivity contribution < 1.29 is 14.0 Å². The van der Waals surface area contributed by atoms with Crippen LogP contribution < -0.4 is 10.6 Å². The topological polar surface area (TPSA) is 88.9 Å². The van der Waals surface area contributed by atoms with Gasteiger partial charge in [0.1, 0.15) is 5.82 Å². The van der Waals surface area contributed by atoms with E-state index < -0.39 is 11.9 Å². The van der Waals surface area contributed by atoms with Crippen LogP contribution in [0.1, 0.15) is 36.1 Å². The third-order valence-electron chi connectivity index (χ3n) is 4.89. The van der Waals surface area contributed by atoms with Gasteiger partial charge in [0, 0.05) is 6.54 Å². The summed E-state index contributed by atoms with van der Waals surface area (Å²) in [6.07, 6.45) is 1.68. The summed E-state index contributed by atoms with van der Waals surface area (Å²) in [5.41, 5.74) is 0.479. The van der Waals surface area contributed by atoms with Gasteiger partial charge < -0.3 is 15.2 Å². The number of allylic oxidation sites excluding steroid dienone is 1. The molecule has 1 heterocycles. The minimum Gasteiger partial charge on any atom is -0.342 e. The molecule has 0 unspecified atom stereocenters. The van der Waals surface area contributed by atoms with Crippen molar-refractivity contribution in [1.29, 1.82) is 0 Å². The Morgan fingerprint density at radius 2 is 1.88 bits per heavy atom. The zero-order valence-corrected chi connectivity index (χ0v) is 20.4. The number of nitrogens with one attached hydrogen (secondary N) is 2. The molecule has 2 N–H and O–H groups in total. The van der Waals surface area contributed by atoms with Gasteiger partial charge in [-0.15, -0.1) is 16.8 Å². The molecule has 2 aromatic carbocycles. The number of aromatic nitrogens is 3. The largest absolute Gasteiger partial charge is 0.342 e. The molecule has 178 valence electrons. The van der Waals surface area contributed by atoms with E-state index in [0.29, 0.717) is 28.1 Å². The molecule has 2 amide bonds. The standard InChI is InChI=1S/C24H25ClFN5O2S/c1-4-13-31-22(21(15(2)3)28-23(33)16-9-5-6-10-17(16)25)29-30-24(31)34-14-20(32)27-19-12-8-7-11-18(19)26/h4-12,15,21H,1,13-14H2,2-3H3,(H,27,32)(H,28,33)/t21-/m0/s1. The van der Waals surface area contributed by atoms with Crippen LogP contribution in [0.5, 0.6) is 0 Å². The van der Waals surface area contributed by atoms with Gasteiger partial charge in [-0.1, -0.05) is 67.6 Å². The van der Waals surface area contributed by atoms with E-state index in [9.17, 15) is 14.0 Å². The smallest absolute Gasteiger partial charge is 0.253 e. The first kappa shape index (κ1) is 25.5. The second-order valence-corrected chi connectivity index (χ2v) is 9.08. The molecule has 0 aliphatic rings. The lowest BCUT2D eigenvalue weighted by atomic mass is 10.0. The van der Waals surface area contributed by atoms with Crippen LogP contribution in [-0.2, 0) is 11.3 Å². The van der Waals surface area contributed by atoms with Crippen molar-refractivity contribution in [3.05, 3.63) is 83.4 Å². The predicted molar refractivity (Wildman–Crippen MR) is 132 cm³/mol. The van der Waals surface area contributed by atoms with Gasteiger partial charge in [-0.3, -0.25) is 9.59 Å². The fourth-order valence-electron chi connectivity index (χ4n) is 3.21. The van der Waals surface area contributed by atoms with Crippen LogP contribution in [0.3, 0.4) is 0 Å². The zero-order valence-electron chi connectivity index (χ0n) is 18.8. The maximum Gasteiger partial charge on any atom is 0.253 e. The van der Waals surface area contributed by atoms with Gasteiger partial charge in [0.15, 0.2) is 11.0 Å². The number of para-hydroxylation sites is 1. The Labute approximate surface area is 206 Å². The number of carbonyl (C=O) groups excluding carboxylic acids is 2. The SMILES string of the molecule is C=CCn1c(SCC(=O)Nc2ccccc2F)nnc1[C@@H](NC(=O)c1ccccc1Cl)C(C)C. The lowest BCUT2D eigenvalue weighted by Crippen LogP contribution is -2.34. The average Bonchev–Trinajstić information content (AvgIpc) is 3.20. The van der Waals surface area contributed by atoms with E-state index >= 15 is 0 Å². The number of halogens is 2. The van der Waals surface area contributed by atoms with Gasteiger partial charge >= 0.3 is 0 Å². The lowest BCUT2D eigenvalue weighted by Gasteiger charge is -2.23. The van der Waals surface area contributed by atoms with Crippen molar-refractivity contribution in [2.24, 2.45) is 5.92 Å². The molecule has 3 rings (SSSR count). The predicted octanol–water partition coefficient (Wildman–Crippen LogP) is 5.11. The van der Waals surface area contributed by atoms with Crippen LogP contribution in [0, 0.1) is 11.7 Å². The highest BCUT2D eigenvalue weighted by molar-refractivity contribution is 7.99. The summed E-state index contributed by atoms with van der Waals surface area (Å²) in [4.78, 5) is 25.2. The summed E-state index contributed by atoms with van der Waals surface area (Å²) in [7, 11) is 0. The molecule has 0 saturated carbocycles. The molecule has 0 radical (unpaired) electrons. The number of nitrogens with zero attached hydrogens (tertiary/aromatic N) is 3. The molecule has 10 heteroatoms. The first-order chi connectivity index (χ1) is 16.3. The van der Waals surface area contributed by atoms with Crippen molar-refractivity contribution in [2.75, 3.05) is 11.1 Å². The Morgan fingerprint density at radius 1 is 1.18 bits per heavy atom. The molecule has 7 nitrogen and oxygen atoms in total. The highest BCUT2D eigenvalue weighted by Crippen LogP contribution is 2.26. The summed E-state index contributed by atoms with van der Waals surface area (Å²) in [6, 6.07) is 12.3. The molecule has 0 saturated heterocycles. The van der Waals surface area contributed by atoms with E-state index in [1.165, 1.54) is 12.1 Å². The van der Waals surface area contributed by atoms with Crippen LogP contribution in [0.15, 0.2) is 66.3 Å². The summed E-state index contributed by atoms with van der Waals surface area (Å²) in [5, 5.41) is 14.9. The van der Waals surface area contributed by atoms with E-state index in [2.05, 4.69) is 27.4 Å². The normalized spacial score (nSPS) is 11.8. The Kier molecular flexibility index (Phi) is 8.84. The fraction of sp³-hybridized carbons (Fsp3) is 0.250. The zero-order chi connectivity index (χ0) is 24.7. The van der Waals surface area contributed by atoms with Crippen LogP contribution in [0.2, 0.25) is 5.02 Å². The number of anilines is 1. The molecule has 34 heavy (non-hydrogen) atoms. The van der Waals surface area contributed by atoms with Crippen LogP contribution >= 0.6 is 23.4 Å². The van der Waals surface area contributed by atoms with Crippen molar-refractivity contribution in [3.63, 3.8) is 0 Å². The highest BCUT2D eigenvalue weighted by Gasteiger charge is 2.27. The van der Waals surface area contributed by atoms with Crippen LogP contribution in [-0.4, -0.2) is 32.3 Å². The molecular formula is C24H25ClFN5O2S. The second-order valence-electron chi connectivity index (χ2n) is 7.73. The minimum absolute atomic E-state index is 0.00192. The molecule has 1 aromatic heterocycles. The van der Waals surface area contributed by atoms with Gasteiger partial charge in [-0.2, -0.15) is 0 Å². The van der Waals surface area contributed by atoms with Gasteiger partial charge in [-0.05, 0) is 30.2 Å². The third kappa shape index (κ3) is 6.24. The minimum atomic E-state index is -0.507. The van der Waals surface area contributed by atoms with E-state index in [1.807, 2.05) is 13.8 Å². The second kappa shape index (κ2) is 11.8. The molecule has 0 aliphatic carbocycles. The molecule has 0 fully saturated rings. The van der Waals surface area contributed by atoms with E-state index in [-0.39, 0.29) is 29.2 Å². The summed E-state index contributed by atoms with van der Waals surface area (Å²) >= 11 is 7.34. The van der Waals surface area contributed by atoms with E-state index in [4.69, 9.17) is 11.6 Å². The van der Waals surface area contributed by atoms with Gasteiger partial charge in [0.2, 0.25) is 5.91 Å². The maximum atomic E-state index is 13.8. The van der Waals surface area contributed by atoms with Gasteiger partial charge in [-0.25, -0.2) is 4.39 Å². The Morgan fingerprint density at radius 3 is 2.56 bits per heavy atom. The average molecular weight is 502 g/mol. The summed E-state index contributed by atoms with van der Waals surface area (Å²) in [5.74, 6) is -0.684. The van der Waals surface area contributed by atoms with Crippen LogP contribution in [0.25, 0.3) is 0 Å². The summed E-state index contributed by atoms with van der Waals surface area (Å²) in [6.45, 7) is 8.09. The van der Waals surface area contributed by atoms with Crippen molar-refractivity contribution in [2.45, 2.75) is 31.6 Å². The lowest BCUT2D eigenvalue weighted by molar-refractivity contribution is -0.113. The van der Waals surface area contributed by atoms with Crippen molar-refractivity contribution in [1.82, 2.24) is 20.1 Å². The number of carbonyl (C=O) groups is 2. The maximum absolute atomic E-state index is 13.8. The Hall–Kier alpha value is -3.17. The van der Waals surface area contributed by atoms with Gasteiger partial charge in [0.05, 0.1) is 28.1 Å². The summed E-state index contributed by atoms with van der Waals surface area (Å²) < 4.78 is 15.6. The van der Waals surface area contributed by atoms with Gasteiger partial charge in [0.25, 0.3) is 5.91 Å². The monoisotopic (exact) mass is 501 g/mol. The number of thioether (sulfide) groups is 1. The first-order valence-corrected chi connectivity index (χ1v) is 11.9. The van der Waals surface area contributed by atoms with Crippen molar-refractivity contribution in [3.8, 4) is 0 Å². The fourth-order valence-corrected chi connectivity index (χ4v) is 4.19. The van der Waals surface area contributed by atoms with Crippen molar-refractivity contribution >= 4 is 40.9 Å². The number of amides is 2. The van der Waals surface area contributed by atoms with E-state index in [0.717, 1.165) is 11.8 Å². The molecule has 1 atom stereocenters. The number of hydrogen-bond acceptors (Lipinski definition) is 5. The third-order valence-corrected chi connectivity index (χ3v) is 6.18. The number of benzene rings is 2.